The molecule has 0 unspecified atom stereocenters. The fourth-order valence-corrected chi connectivity index (χ4v) is 1.98. The average molecular weight is 286 g/mol. The fourth-order valence-electron chi connectivity index (χ4n) is 1.64. The summed E-state index contributed by atoms with van der Waals surface area (Å²) < 4.78 is 15.1. The molecule has 1 aromatic carbocycles. The van der Waals surface area contributed by atoms with Crippen LogP contribution < -0.4 is 5.56 Å². The number of hydrogen-bond acceptors (Lipinski definition) is 2. The van der Waals surface area contributed by atoms with Gasteiger partial charge in [-0.05, 0) is 33.6 Å². The average Bonchev–Trinajstić information content (AvgIpc) is 2.26. The van der Waals surface area contributed by atoms with Crippen LogP contribution >= 0.6 is 15.9 Å². The van der Waals surface area contributed by atoms with Gasteiger partial charge in [-0.2, -0.15) is 0 Å². The highest BCUT2D eigenvalue weighted by Gasteiger charge is 2.09. The lowest BCUT2D eigenvalue weighted by atomic mass is 10.1. The summed E-state index contributed by atoms with van der Waals surface area (Å²) in [5.74, 6) is -0.416. The summed E-state index contributed by atoms with van der Waals surface area (Å²) in [5, 5.41) is 9.68. The zero-order chi connectivity index (χ0) is 11.9. The number of hydrogen-bond donors (Lipinski definition) is 1. The molecule has 0 radical (unpaired) electrons. The van der Waals surface area contributed by atoms with E-state index in [1.54, 1.807) is 7.05 Å². The molecule has 0 amide bonds. The monoisotopic (exact) mass is 285 g/mol. The predicted octanol–water partition coefficient (Wildman–Crippen LogP) is 1.93. The third-order valence-corrected chi connectivity index (χ3v) is 3.15. The van der Waals surface area contributed by atoms with E-state index in [4.69, 9.17) is 5.11 Å². The van der Waals surface area contributed by atoms with Crippen LogP contribution in [0.4, 0.5) is 4.39 Å². The van der Waals surface area contributed by atoms with Crippen molar-refractivity contribution in [3.8, 4) is 0 Å². The van der Waals surface area contributed by atoms with E-state index < -0.39 is 5.82 Å². The van der Waals surface area contributed by atoms with Gasteiger partial charge in [0.1, 0.15) is 5.82 Å². The maximum Gasteiger partial charge on any atom is 0.251 e. The van der Waals surface area contributed by atoms with Crippen molar-refractivity contribution < 1.29 is 9.50 Å². The van der Waals surface area contributed by atoms with Gasteiger partial charge in [-0.3, -0.25) is 4.79 Å². The highest BCUT2D eigenvalue weighted by atomic mass is 79.9. The van der Waals surface area contributed by atoms with Crippen LogP contribution in [0.25, 0.3) is 10.9 Å². The third kappa shape index (κ3) is 1.66. The van der Waals surface area contributed by atoms with Crippen LogP contribution in [0, 0.1) is 5.82 Å². The minimum absolute atomic E-state index is 0.227. The quantitative estimate of drug-likeness (QED) is 0.870. The van der Waals surface area contributed by atoms with Crippen LogP contribution in [0.3, 0.4) is 0 Å². The molecule has 1 N–H and O–H groups in total. The number of aromatic nitrogens is 1. The van der Waals surface area contributed by atoms with Crippen molar-refractivity contribution >= 4 is 26.8 Å². The molecular weight excluding hydrogens is 277 g/mol. The fraction of sp³-hybridized carbons (Fsp3) is 0.182. The Morgan fingerprint density at radius 3 is 2.75 bits per heavy atom. The van der Waals surface area contributed by atoms with E-state index in [9.17, 15) is 9.18 Å². The van der Waals surface area contributed by atoms with Gasteiger partial charge in [-0.25, -0.2) is 4.39 Å². The molecule has 1 heterocycles. The number of pyridine rings is 1. The lowest BCUT2D eigenvalue weighted by molar-refractivity contribution is 0.283. The van der Waals surface area contributed by atoms with Crippen molar-refractivity contribution in [3.05, 3.63) is 44.4 Å². The van der Waals surface area contributed by atoms with Crippen LogP contribution in [0.1, 0.15) is 5.56 Å². The third-order valence-electron chi connectivity index (χ3n) is 2.54. The van der Waals surface area contributed by atoms with Crippen molar-refractivity contribution in [2.45, 2.75) is 6.61 Å². The zero-order valence-corrected chi connectivity index (χ0v) is 10.1. The number of halogens is 2. The number of aliphatic hydroxyl groups excluding tert-OH is 1. The topological polar surface area (TPSA) is 42.2 Å². The van der Waals surface area contributed by atoms with Gasteiger partial charge in [-0.15, -0.1) is 0 Å². The van der Waals surface area contributed by atoms with Gasteiger partial charge in [0.15, 0.2) is 0 Å². The van der Waals surface area contributed by atoms with E-state index in [-0.39, 0.29) is 12.2 Å². The Labute approximate surface area is 99.3 Å². The molecule has 2 rings (SSSR count). The maximum absolute atomic E-state index is 13.4. The van der Waals surface area contributed by atoms with Crippen LogP contribution in [-0.4, -0.2) is 9.67 Å². The van der Waals surface area contributed by atoms with Crippen LogP contribution in [0.5, 0.6) is 0 Å². The number of aliphatic hydroxyl groups is 1. The Morgan fingerprint density at radius 2 is 2.12 bits per heavy atom. The van der Waals surface area contributed by atoms with Crippen molar-refractivity contribution in [3.63, 3.8) is 0 Å². The number of benzene rings is 1. The van der Waals surface area contributed by atoms with Crippen molar-refractivity contribution in [2.24, 2.45) is 7.05 Å². The highest BCUT2D eigenvalue weighted by Crippen LogP contribution is 2.24. The number of aryl methyl sites for hydroxylation is 1. The second kappa shape index (κ2) is 3.99. The smallest absolute Gasteiger partial charge is 0.251 e. The van der Waals surface area contributed by atoms with Gasteiger partial charge in [0.05, 0.1) is 16.6 Å². The van der Waals surface area contributed by atoms with Crippen molar-refractivity contribution in [1.82, 2.24) is 4.57 Å². The van der Waals surface area contributed by atoms with Crippen molar-refractivity contribution in [1.29, 1.82) is 0 Å². The maximum atomic E-state index is 13.4. The molecule has 84 valence electrons. The second-order valence-corrected chi connectivity index (χ2v) is 4.36. The molecule has 0 bridgehead atoms. The Kier molecular flexibility index (Phi) is 2.82. The molecule has 3 nitrogen and oxygen atoms in total. The molecule has 0 saturated carbocycles. The van der Waals surface area contributed by atoms with Gasteiger partial charge >= 0.3 is 0 Å². The number of nitrogens with zero attached hydrogens (tertiary/aromatic N) is 1. The molecule has 0 aliphatic rings. The van der Waals surface area contributed by atoms with Gasteiger partial charge in [0, 0.05) is 18.5 Å². The first-order valence-corrected chi connectivity index (χ1v) is 5.42. The van der Waals surface area contributed by atoms with Gasteiger partial charge in [-0.1, -0.05) is 0 Å². The van der Waals surface area contributed by atoms with Crippen LogP contribution in [0.2, 0.25) is 0 Å². The van der Waals surface area contributed by atoms with Crippen LogP contribution in [-0.2, 0) is 13.7 Å². The Bertz CT molecular complexity index is 621. The molecule has 5 heteroatoms. The first-order valence-electron chi connectivity index (χ1n) is 4.63. The summed E-state index contributed by atoms with van der Waals surface area (Å²) in [4.78, 5) is 11.6. The standard InChI is InChI=1S/C11H9BrFNO2/c1-14-10-4-8(12)9(13)3-7(10)6(5-15)2-11(14)16/h2-4,15H,5H2,1H3. The van der Waals surface area contributed by atoms with E-state index in [1.807, 2.05) is 0 Å². The number of fused-ring (bicyclic) bond motifs is 1. The van der Waals surface area contributed by atoms with Crippen molar-refractivity contribution in [2.75, 3.05) is 0 Å². The molecule has 0 saturated heterocycles. The Hall–Kier alpha value is -1.20. The minimum Gasteiger partial charge on any atom is -0.392 e. The molecule has 0 aliphatic carbocycles. The van der Waals surface area contributed by atoms with Gasteiger partial charge in [0.2, 0.25) is 0 Å². The summed E-state index contributed by atoms with van der Waals surface area (Å²) in [6, 6.07) is 4.16. The SMILES string of the molecule is Cn1c(=O)cc(CO)c2cc(F)c(Br)cc21. The first-order chi connectivity index (χ1) is 7.54. The van der Waals surface area contributed by atoms with E-state index in [0.29, 0.717) is 20.9 Å². The zero-order valence-electron chi connectivity index (χ0n) is 8.50. The lowest BCUT2D eigenvalue weighted by Crippen LogP contribution is -2.17. The molecule has 0 spiro atoms. The minimum atomic E-state index is -0.416. The molecule has 16 heavy (non-hydrogen) atoms. The number of rotatable bonds is 1. The molecular formula is C11H9BrFNO2. The largest absolute Gasteiger partial charge is 0.392 e. The van der Waals surface area contributed by atoms with E-state index >= 15 is 0 Å². The van der Waals surface area contributed by atoms with E-state index in [1.165, 1.54) is 22.8 Å². The molecule has 0 fully saturated rings. The molecule has 0 aliphatic heterocycles. The normalized spacial score (nSPS) is 11.0. The first kappa shape index (κ1) is 11.3. The summed E-state index contributed by atoms with van der Waals surface area (Å²) in [6.45, 7) is -0.284. The summed E-state index contributed by atoms with van der Waals surface area (Å²) in [7, 11) is 1.61. The Morgan fingerprint density at radius 1 is 1.44 bits per heavy atom. The Balaban J connectivity index is 2.99. The lowest BCUT2D eigenvalue weighted by Gasteiger charge is -2.09. The van der Waals surface area contributed by atoms with Gasteiger partial charge in [0.25, 0.3) is 5.56 Å². The summed E-state index contributed by atoms with van der Waals surface area (Å²) >= 11 is 3.07. The summed E-state index contributed by atoms with van der Waals surface area (Å²) in [6.07, 6.45) is 0. The van der Waals surface area contributed by atoms with Crippen LogP contribution in [0.15, 0.2) is 27.5 Å². The van der Waals surface area contributed by atoms with E-state index in [2.05, 4.69) is 15.9 Å². The predicted molar refractivity (Wildman–Crippen MR) is 62.8 cm³/mol. The highest BCUT2D eigenvalue weighted by molar-refractivity contribution is 9.10. The molecule has 0 atom stereocenters. The molecule has 1 aromatic heterocycles. The second-order valence-electron chi connectivity index (χ2n) is 3.51. The van der Waals surface area contributed by atoms with E-state index in [0.717, 1.165) is 0 Å². The summed E-state index contributed by atoms with van der Waals surface area (Å²) in [5.41, 5.74) is 0.796. The van der Waals surface area contributed by atoms with Gasteiger partial charge < -0.3 is 9.67 Å². The molecule has 2 aromatic rings.